The molecule has 2 fully saturated rings. The van der Waals surface area contributed by atoms with Gasteiger partial charge >= 0.3 is 11.9 Å². The molecule has 7 nitrogen and oxygen atoms in total. The Hall–Kier alpha value is -1.47. The molecule has 5 atom stereocenters. The number of carboxylic acids is 1. The van der Waals surface area contributed by atoms with Crippen LogP contribution in [0.3, 0.4) is 0 Å². The van der Waals surface area contributed by atoms with Gasteiger partial charge in [0.05, 0.1) is 7.11 Å². The number of carbonyl (C=O) groups excluding carboxylic acids is 2. The second kappa shape index (κ2) is 6.44. The summed E-state index contributed by atoms with van der Waals surface area (Å²) >= 11 is 0. The number of nitrogens with two attached hydrogens (primary N) is 2. The Balaban J connectivity index is 2.18. The Kier molecular flexibility index (Phi) is 5.06. The highest BCUT2D eigenvalue weighted by molar-refractivity contribution is 6.09. The quantitative estimate of drug-likeness (QED) is 0.458. The summed E-state index contributed by atoms with van der Waals surface area (Å²) in [6, 6.07) is -1.37. The Labute approximate surface area is 142 Å². The van der Waals surface area contributed by atoms with Crippen LogP contribution in [-0.4, -0.2) is 41.5 Å². The van der Waals surface area contributed by atoms with Gasteiger partial charge in [0.1, 0.15) is 6.04 Å². The summed E-state index contributed by atoms with van der Waals surface area (Å²) in [5.74, 6) is -1.62. The molecule has 24 heavy (non-hydrogen) atoms. The van der Waals surface area contributed by atoms with Gasteiger partial charge in [-0.1, -0.05) is 13.8 Å². The molecule has 0 radical (unpaired) electrons. The van der Waals surface area contributed by atoms with Gasteiger partial charge in [0.2, 0.25) is 0 Å². The summed E-state index contributed by atoms with van der Waals surface area (Å²) in [5, 5.41) is 8.90. The van der Waals surface area contributed by atoms with Crippen molar-refractivity contribution in [2.45, 2.75) is 57.5 Å². The number of aliphatic carboxylic acids is 1. The standard InChI is InChI=1S/C17H28N2O5/c1-16(2)10-4-5-11(16)9(6-10)8-17(19,15(23)24-3)13(20)7-12(18)14(21)22/h9-12H,4-8,18-19H2,1-3H3,(H,21,22)/t9-,10?,11?,12+,17-/m1/s1. The smallest absolute Gasteiger partial charge is 0.333 e. The van der Waals surface area contributed by atoms with Crippen LogP contribution in [0.15, 0.2) is 0 Å². The lowest BCUT2D eigenvalue weighted by Gasteiger charge is -2.33. The van der Waals surface area contributed by atoms with Crippen LogP contribution in [-0.2, 0) is 19.1 Å². The minimum absolute atomic E-state index is 0.160. The number of ketones is 1. The molecule has 0 aromatic rings. The molecule has 0 aliphatic heterocycles. The first-order valence-corrected chi connectivity index (χ1v) is 8.43. The molecule has 0 amide bonds. The Morgan fingerprint density at radius 1 is 1.33 bits per heavy atom. The van der Waals surface area contributed by atoms with E-state index in [-0.39, 0.29) is 17.8 Å². The summed E-state index contributed by atoms with van der Waals surface area (Å²) in [6.07, 6.45) is 2.89. The van der Waals surface area contributed by atoms with Crippen molar-refractivity contribution in [3.8, 4) is 0 Å². The van der Waals surface area contributed by atoms with Gasteiger partial charge in [-0.05, 0) is 48.9 Å². The second-order valence-corrected chi connectivity index (χ2v) is 7.94. The van der Waals surface area contributed by atoms with Crippen LogP contribution in [0.4, 0.5) is 0 Å². The fourth-order valence-electron chi connectivity index (χ4n) is 4.82. The first-order valence-electron chi connectivity index (χ1n) is 8.43. The molecule has 0 aromatic carbocycles. The number of esters is 1. The highest BCUT2D eigenvalue weighted by atomic mass is 16.5. The van der Waals surface area contributed by atoms with Crippen molar-refractivity contribution in [1.29, 1.82) is 0 Å². The highest BCUT2D eigenvalue weighted by Gasteiger charge is 2.56. The van der Waals surface area contributed by atoms with Crippen LogP contribution in [0, 0.1) is 23.2 Å². The van der Waals surface area contributed by atoms with E-state index in [2.05, 4.69) is 13.8 Å². The second-order valence-electron chi connectivity index (χ2n) is 7.94. The Morgan fingerprint density at radius 3 is 2.38 bits per heavy atom. The van der Waals surface area contributed by atoms with Gasteiger partial charge in [0.25, 0.3) is 0 Å². The van der Waals surface area contributed by atoms with Crippen LogP contribution in [0.2, 0.25) is 0 Å². The first kappa shape index (κ1) is 18.9. The predicted octanol–water partition coefficient (Wildman–Crippen LogP) is 0.690. The molecule has 0 saturated heterocycles. The summed E-state index contributed by atoms with van der Waals surface area (Å²) < 4.78 is 4.75. The van der Waals surface area contributed by atoms with E-state index in [1.54, 1.807) is 0 Å². The molecular formula is C17H28N2O5. The van der Waals surface area contributed by atoms with Gasteiger partial charge in [-0.25, -0.2) is 4.79 Å². The van der Waals surface area contributed by atoms with E-state index in [0.717, 1.165) is 12.8 Å². The van der Waals surface area contributed by atoms with Gasteiger partial charge in [0, 0.05) is 6.42 Å². The van der Waals surface area contributed by atoms with Crippen molar-refractivity contribution >= 4 is 17.7 Å². The molecule has 2 rings (SSSR count). The molecule has 2 bridgehead atoms. The topological polar surface area (TPSA) is 133 Å². The normalized spacial score (nSPS) is 31.3. The minimum Gasteiger partial charge on any atom is -0.480 e. The third-order valence-corrected chi connectivity index (χ3v) is 6.34. The molecule has 0 heterocycles. The van der Waals surface area contributed by atoms with Gasteiger partial charge in [0.15, 0.2) is 11.3 Å². The van der Waals surface area contributed by atoms with Gasteiger partial charge in [-0.15, -0.1) is 0 Å². The predicted molar refractivity (Wildman–Crippen MR) is 86.9 cm³/mol. The zero-order chi connectivity index (χ0) is 18.3. The lowest BCUT2D eigenvalue weighted by Crippen LogP contribution is -2.58. The summed E-state index contributed by atoms with van der Waals surface area (Å²) in [7, 11) is 1.18. The zero-order valence-electron chi connectivity index (χ0n) is 14.6. The summed E-state index contributed by atoms with van der Waals surface area (Å²) in [5.41, 5.74) is 9.97. The van der Waals surface area contributed by atoms with Crippen LogP contribution < -0.4 is 11.5 Å². The molecule has 2 aliphatic carbocycles. The Morgan fingerprint density at radius 2 is 1.96 bits per heavy atom. The number of fused-ring (bicyclic) bond motifs is 2. The van der Waals surface area contributed by atoms with Gasteiger partial charge in [-0.3, -0.25) is 9.59 Å². The summed E-state index contributed by atoms with van der Waals surface area (Å²) in [4.78, 5) is 35.7. The number of hydrogen-bond acceptors (Lipinski definition) is 6. The fraction of sp³-hybridized carbons (Fsp3) is 0.824. The molecule has 0 aromatic heterocycles. The van der Waals surface area contributed by atoms with Gasteiger partial charge < -0.3 is 21.3 Å². The molecule has 2 unspecified atom stereocenters. The van der Waals surface area contributed by atoms with Crippen molar-refractivity contribution < 1.29 is 24.2 Å². The maximum absolute atomic E-state index is 12.6. The van der Waals surface area contributed by atoms with Crippen molar-refractivity contribution in [1.82, 2.24) is 0 Å². The van der Waals surface area contributed by atoms with E-state index in [9.17, 15) is 14.4 Å². The molecule has 5 N–H and O–H groups in total. The van der Waals surface area contributed by atoms with Gasteiger partial charge in [-0.2, -0.15) is 0 Å². The number of rotatable bonds is 7. The van der Waals surface area contributed by atoms with E-state index in [1.165, 1.54) is 13.5 Å². The molecule has 2 aliphatic rings. The summed E-state index contributed by atoms with van der Waals surface area (Å²) in [6.45, 7) is 4.46. The Bertz CT molecular complexity index is 547. The minimum atomic E-state index is -1.83. The maximum atomic E-state index is 12.6. The number of hydrogen-bond donors (Lipinski definition) is 3. The lowest BCUT2D eigenvalue weighted by molar-refractivity contribution is -0.153. The van der Waals surface area contributed by atoms with E-state index in [0.29, 0.717) is 11.8 Å². The molecule has 0 spiro atoms. The van der Waals surface area contributed by atoms with E-state index >= 15 is 0 Å². The first-order chi connectivity index (χ1) is 11.0. The largest absolute Gasteiger partial charge is 0.480 e. The van der Waals surface area contributed by atoms with Crippen molar-refractivity contribution in [3.63, 3.8) is 0 Å². The number of carboxylic acid groups (broad SMARTS) is 1. The molecular weight excluding hydrogens is 312 g/mol. The zero-order valence-corrected chi connectivity index (χ0v) is 14.6. The van der Waals surface area contributed by atoms with Crippen molar-refractivity contribution in [2.24, 2.45) is 34.6 Å². The van der Waals surface area contributed by atoms with Crippen LogP contribution in [0.1, 0.15) is 46.0 Å². The molecule has 7 heteroatoms. The van der Waals surface area contributed by atoms with Crippen LogP contribution >= 0.6 is 0 Å². The number of ether oxygens (including phenoxy) is 1. The van der Waals surface area contributed by atoms with E-state index < -0.39 is 35.7 Å². The number of methoxy groups -OCH3 is 1. The molecule has 136 valence electrons. The van der Waals surface area contributed by atoms with Crippen LogP contribution in [0.25, 0.3) is 0 Å². The maximum Gasteiger partial charge on any atom is 0.333 e. The monoisotopic (exact) mass is 340 g/mol. The third kappa shape index (κ3) is 3.07. The average molecular weight is 340 g/mol. The third-order valence-electron chi connectivity index (χ3n) is 6.34. The van der Waals surface area contributed by atoms with E-state index in [4.69, 9.17) is 21.3 Å². The number of carbonyl (C=O) groups is 3. The lowest BCUT2D eigenvalue weighted by atomic mass is 9.74. The number of Topliss-reactive ketones (excluding diaryl/α,β-unsaturated/α-hetero) is 1. The average Bonchev–Trinajstić information content (AvgIpc) is 2.92. The van der Waals surface area contributed by atoms with Crippen molar-refractivity contribution in [3.05, 3.63) is 0 Å². The SMILES string of the molecule is COC(=O)[C@@](N)(C[C@H]1CC2CCC1C2(C)C)C(=O)C[C@H](N)C(=O)O. The van der Waals surface area contributed by atoms with Crippen molar-refractivity contribution in [2.75, 3.05) is 7.11 Å². The van der Waals surface area contributed by atoms with Crippen LogP contribution in [0.5, 0.6) is 0 Å². The molecule has 2 saturated carbocycles. The van der Waals surface area contributed by atoms with E-state index in [1.807, 2.05) is 0 Å². The highest BCUT2D eigenvalue weighted by Crippen LogP contribution is 2.61. The fourth-order valence-corrected chi connectivity index (χ4v) is 4.82.